The molecule has 0 N–H and O–H groups in total. The molecule has 4 heteroatoms. The normalized spacial score (nSPS) is 11.6. The second-order valence-electron chi connectivity index (χ2n) is 10.7. The van der Waals surface area contributed by atoms with Gasteiger partial charge in [-0.3, -0.25) is 0 Å². The summed E-state index contributed by atoms with van der Waals surface area (Å²) in [5.74, 6) is 0. The molecule has 0 unspecified atom stereocenters. The maximum Gasteiger partial charge on any atom is 0.102 e. The summed E-state index contributed by atoms with van der Waals surface area (Å²) in [7, 11) is -1.32. The quantitative estimate of drug-likeness (QED) is 0.0688. The van der Waals surface area contributed by atoms with Crippen molar-refractivity contribution >= 4 is 60.1 Å². The molecule has 0 spiro atoms. The molecule has 49 heavy (non-hydrogen) atoms. The SMILES string of the molecule is C1=C=C2[CH]C=C[CH-]C2=C=1.Cl.[Ru].c1ccc(P(c2ccccc2)c2ccccc2)cc1.c1ccc([PH+](c2ccccc2)c2ccccc2)cc1. The average molecular weight is 775 g/mol. The summed E-state index contributed by atoms with van der Waals surface area (Å²) in [4.78, 5) is 0. The molecule has 0 nitrogen and oxygen atoms in total. The van der Waals surface area contributed by atoms with E-state index in [4.69, 9.17) is 0 Å². The van der Waals surface area contributed by atoms with Crippen LogP contribution in [0.15, 0.2) is 222 Å². The van der Waals surface area contributed by atoms with Crippen LogP contribution < -0.4 is 31.8 Å². The van der Waals surface area contributed by atoms with Gasteiger partial charge in [-0.25, -0.2) is 0 Å². The van der Waals surface area contributed by atoms with Crippen molar-refractivity contribution in [2.75, 3.05) is 0 Å². The van der Waals surface area contributed by atoms with Gasteiger partial charge in [0.05, 0.1) is 7.92 Å². The Labute approximate surface area is 313 Å². The summed E-state index contributed by atoms with van der Waals surface area (Å²) in [6.07, 6.45) is 7.98. The van der Waals surface area contributed by atoms with Crippen molar-refractivity contribution in [1.82, 2.24) is 0 Å². The van der Waals surface area contributed by atoms with Gasteiger partial charge in [-0.15, -0.1) is 30.6 Å². The first-order chi connectivity index (χ1) is 23.4. The molecule has 241 valence electrons. The number of halogens is 1. The van der Waals surface area contributed by atoms with Crippen LogP contribution in [0.3, 0.4) is 0 Å². The van der Waals surface area contributed by atoms with Crippen molar-refractivity contribution in [1.29, 1.82) is 0 Å². The van der Waals surface area contributed by atoms with Crippen molar-refractivity contribution in [3.63, 3.8) is 0 Å². The maximum absolute atomic E-state index is 2.94. The molecule has 8 rings (SSSR count). The minimum Gasteiger partial charge on any atom is -0.178 e. The van der Waals surface area contributed by atoms with Crippen molar-refractivity contribution in [3.05, 3.63) is 235 Å². The average Bonchev–Trinajstić information content (AvgIpc) is 3.65. The fourth-order valence-corrected chi connectivity index (χ4v) is 10.2. The molecule has 0 atom stereocenters. The van der Waals surface area contributed by atoms with E-state index in [-0.39, 0.29) is 31.9 Å². The van der Waals surface area contributed by atoms with Crippen LogP contribution >= 0.6 is 28.3 Å². The first kappa shape index (κ1) is 37.6. The Kier molecular flexibility index (Phi) is 15.6. The van der Waals surface area contributed by atoms with Gasteiger partial charge < -0.3 is 0 Å². The smallest absolute Gasteiger partial charge is 0.102 e. The van der Waals surface area contributed by atoms with Gasteiger partial charge in [0, 0.05) is 19.5 Å². The van der Waals surface area contributed by atoms with E-state index in [1.807, 2.05) is 25.0 Å². The molecule has 0 heterocycles. The molecule has 0 saturated heterocycles. The molecule has 0 aromatic heterocycles. The van der Waals surface area contributed by atoms with Gasteiger partial charge in [-0.2, -0.15) is 11.8 Å². The van der Waals surface area contributed by atoms with Crippen LogP contribution in [0.1, 0.15) is 0 Å². The maximum atomic E-state index is 2.94. The molecule has 0 bridgehead atoms. The second kappa shape index (κ2) is 20.3. The standard InChI is InChI=1S/2C18H15P.C9H4.ClH.Ru/c2*1-4-10-16(11-5-1)19(17-12-6-2-7-13-17)18-14-8-3-9-15-18;1-2-5-9-7-3-6-8(9)4-1;;/h2*1-15H;1-2,4-5H;1H;/q;;-1;;/p+1. The Morgan fingerprint density at radius 2 is 0.796 bits per heavy atom. The van der Waals surface area contributed by atoms with Crippen LogP contribution in [0.4, 0.5) is 0 Å². The molecule has 0 fully saturated rings. The molecule has 2 aliphatic carbocycles. The van der Waals surface area contributed by atoms with Gasteiger partial charge >= 0.3 is 0 Å². The third kappa shape index (κ3) is 10.6. The zero-order valence-electron chi connectivity index (χ0n) is 26.8. The minimum absolute atomic E-state index is 0. The number of hydrogen-bond donors (Lipinski definition) is 0. The van der Waals surface area contributed by atoms with Crippen molar-refractivity contribution in [2.24, 2.45) is 0 Å². The van der Waals surface area contributed by atoms with Crippen LogP contribution in [-0.4, -0.2) is 0 Å². The van der Waals surface area contributed by atoms with Gasteiger partial charge in [-0.1, -0.05) is 169 Å². The van der Waals surface area contributed by atoms with E-state index in [2.05, 4.69) is 199 Å². The van der Waals surface area contributed by atoms with Gasteiger partial charge in [0.15, 0.2) is 0 Å². The number of fused-ring (bicyclic) bond motifs is 1. The van der Waals surface area contributed by atoms with Crippen LogP contribution in [0.2, 0.25) is 0 Å². The molecule has 1 radical (unpaired) electrons. The Morgan fingerprint density at radius 3 is 1.14 bits per heavy atom. The topological polar surface area (TPSA) is 0 Å². The van der Waals surface area contributed by atoms with E-state index < -0.39 is 15.8 Å². The molecular weight excluding hydrogens is 739 g/mol. The van der Waals surface area contributed by atoms with E-state index in [9.17, 15) is 0 Å². The predicted octanol–water partition coefficient (Wildman–Crippen LogP) is 8.78. The number of hydrogen-bond acceptors (Lipinski definition) is 0. The van der Waals surface area contributed by atoms with Crippen LogP contribution in [0, 0.1) is 12.8 Å². The van der Waals surface area contributed by atoms with E-state index in [0.717, 1.165) is 11.1 Å². The number of benzene rings is 6. The van der Waals surface area contributed by atoms with E-state index in [1.165, 1.54) is 31.8 Å². The molecule has 6 aromatic carbocycles. The fraction of sp³-hybridized carbons (Fsp3) is 0. The fourth-order valence-electron chi connectivity index (χ4n) is 5.36. The molecular formula is C45H36ClP2Ru. The van der Waals surface area contributed by atoms with Crippen LogP contribution in [0.5, 0.6) is 0 Å². The zero-order valence-corrected chi connectivity index (χ0v) is 31.3. The largest absolute Gasteiger partial charge is 0.178 e. The van der Waals surface area contributed by atoms with Crippen LogP contribution in [-0.2, 0) is 19.5 Å². The van der Waals surface area contributed by atoms with Gasteiger partial charge in [0.2, 0.25) is 0 Å². The van der Waals surface area contributed by atoms with Crippen molar-refractivity contribution < 1.29 is 19.5 Å². The van der Waals surface area contributed by atoms with Gasteiger partial charge in [-0.05, 0) is 60.2 Å². The molecule has 6 aromatic rings. The second-order valence-corrected chi connectivity index (χ2v) is 15.4. The van der Waals surface area contributed by atoms with E-state index in [1.54, 1.807) is 0 Å². The summed E-state index contributed by atoms with van der Waals surface area (Å²) < 4.78 is 0. The van der Waals surface area contributed by atoms with E-state index >= 15 is 0 Å². The third-order valence-electron chi connectivity index (χ3n) is 7.55. The molecule has 0 saturated carbocycles. The molecule has 0 aliphatic heterocycles. The Bertz CT molecular complexity index is 1680. The zero-order chi connectivity index (χ0) is 31.9. The van der Waals surface area contributed by atoms with E-state index in [0.29, 0.717) is 0 Å². The van der Waals surface area contributed by atoms with Crippen molar-refractivity contribution in [3.8, 4) is 0 Å². The number of rotatable bonds is 6. The summed E-state index contributed by atoms with van der Waals surface area (Å²) >= 11 is 0. The molecule has 2 aliphatic rings. The Balaban J connectivity index is 0.000000172. The predicted molar refractivity (Wildman–Crippen MR) is 214 cm³/mol. The van der Waals surface area contributed by atoms with Crippen molar-refractivity contribution in [2.45, 2.75) is 0 Å². The minimum atomic E-state index is -0.877. The Hall–Kier alpha value is -4.22. The summed E-state index contributed by atoms with van der Waals surface area (Å²) in [5, 5.41) is 8.50. The summed E-state index contributed by atoms with van der Waals surface area (Å²) in [6.45, 7) is 0. The number of allylic oxidation sites excluding steroid dienone is 4. The first-order valence-corrected chi connectivity index (χ1v) is 18.6. The molecule has 0 amide bonds. The Morgan fingerprint density at radius 1 is 0.449 bits per heavy atom. The first-order valence-electron chi connectivity index (χ1n) is 15.7. The van der Waals surface area contributed by atoms with Gasteiger partial charge in [0.25, 0.3) is 0 Å². The van der Waals surface area contributed by atoms with Crippen LogP contribution in [0.25, 0.3) is 0 Å². The van der Waals surface area contributed by atoms with Gasteiger partial charge in [0.1, 0.15) is 15.9 Å². The summed E-state index contributed by atoms with van der Waals surface area (Å²) in [5.41, 5.74) is 10.9. The summed E-state index contributed by atoms with van der Waals surface area (Å²) in [6, 6.07) is 64.8. The third-order valence-corrected chi connectivity index (χ3v) is 12.7. The monoisotopic (exact) mass is 775 g/mol.